The van der Waals surface area contributed by atoms with E-state index in [9.17, 15) is 5.11 Å². The van der Waals surface area contributed by atoms with Crippen molar-refractivity contribution in [3.8, 4) is 11.4 Å². The molecule has 1 saturated carbocycles. The van der Waals surface area contributed by atoms with Gasteiger partial charge in [-0.2, -0.15) is 4.98 Å². The molecule has 118 valence electrons. The molecule has 1 N–H and O–H groups in total. The lowest BCUT2D eigenvalue weighted by atomic mass is 9.96. The van der Waals surface area contributed by atoms with Crippen LogP contribution in [-0.4, -0.2) is 25.8 Å². The minimum atomic E-state index is -0.771. The van der Waals surface area contributed by atoms with Crippen LogP contribution in [0.5, 0.6) is 0 Å². The minimum Gasteiger partial charge on any atom is -0.389 e. The Morgan fingerprint density at radius 3 is 2.91 bits per heavy atom. The van der Waals surface area contributed by atoms with Crippen molar-refractivity contribution in [2.45, 2.75) is 31.8 Å². The highest BCUT2D eigenvalue weighted by Crippen LogP contribution is 2.41. The van der Waals surface area contributed by atoms with Crippen LogP contribution in [0.3, 0.4) is 0 Å². The molecule has 2 heterocycles. The van der Waals surface area contributed by atoms with E-state index in [2.05, 4.69) is 31.1 Å². The fourth-order valence-electron chi connectivity index (χ4n) is 2.94. The second-order valence-corrected chi connectivity index (χ2v) is 7.19. The second-order valence-electron chi connectivity index (χ2n) is 6.34. The van der Waals surface area contributed by atoms with Crippen molar-refractivity contribution in [2.75, 3.05) is 0 Å². The molecular formula is C17H16BrN3O2. The molecule has 2 aromatic heterocycles. The molecule has 1 fully saturated rings. The number of rotatable bonds is 4. The highest BCUT2D eigenvalue weighted by atomic mass is 79.9. The van der Waals surface area contributed by atoms with Gasteiger partial charge in [0.05, 0.1) is 12.0 Å². The Balaban J connectivity index is 1.71. The third-order valence-corrected chi connectivity index (χ3v) is 5.13. The van der Waals surface area contributed by atoms with Gasteiger partial charge in [-0.15, -0.1) is 0 Å². The van der Waals surface area contributed by atoms with E-state index in [0.717, 1.165) is 33.7 Å². The van der Waals surface area contributed by atoms with E-state index in [1.165, 1.54) is 0 Å². The van der Waals surface area contributed by atoms with E-state index in [-0.39, 0.29) is 0 Å². The van der Waals surface area contributed by atoms with Gasteiger partial charge in [-0.05, 0) is 49.3 Å². The van der Waals surface area contributed by atoms with Gasteiger partial charge in [0.1, 0.15) is 0 Å². The van der Waals surface area contributed by atoms with E-state index >= 15 is 0 Å². The average Bonchev–Trinajstić information content (AvgIpc) is 3.31. The molecule has 0 spiro atoms. The molecule has 5 nitrogen and oxygen atoms in total. The van der Waals surface area contributed by atoms with Crippen molar-refractivity contribution in [2.24, 2.45) is 5.92 Å². The molecule has 1 atom stereocenters. The first-order chi connectivity index (χ1) is 11.0. The molecule has 0 radical (unpaired) electrons. The summed E-state index contributed by atoms with van der Waals surface area (Å²) in [6, 6.07) is 5.86. The van der Waals surface area contributed by atoms with Crippen molar-refractivity contribution in [1.82, 2.24) is 15.1 Å². The van der Waals surface area contributed by atoms with Crippen LogP contribution in [-0.2, 0) is 6.42 Å². The maximum absolute atomic E-state index is 10.5. The highest BCUT2D eigenvalue weighted by Gasteiger charge is 2.41. The number of fused-ring (bicyclic) bond motifs is 1. The summed E-state index contributed by atoms with van der Waals surface area (Å²) in [7, 11) is 0. The molecule has 23 heavy (non-hydrogen) atoms. The average molecular weight is 374 g/mol. The number of halogens is 1. The zero-order valence-corrected chi connectivity index (χ0v) is 14.2. The molecule has 6 heteroatoms. The second kappa shape index (κ2) is 5.39. The summed E-state index contributed by atoms with van der Waals surface area (Å²) in [4.78, 5) is 8.67. The number of hydrogen-bond donors (Lipinski definition) is 1. The van der Waals surface area contributed by atoms with E-state index in [0.29, 0.717) is 24.1 Å². The molecule has 0 amide bonds. The van der Waals surface area contributed by atoms with Gasteiger partial charge >= 0.3 is 0 Å². The van der Waals surface area contributed by atoms with Crippen LogP contribution < -0.4 is 0 Å². The monoisotopic (exact) mass is 373 g/mol. The number of aliphatic hydroxyl groups is 1. The predicted molar refractivity (Wildman–Crippen MR) is 89.8 cm³/mol. The Morgan fingerprint density at radius 1 is 1.30 bits per heavy atom. The summed E-state index contributed by atoms with van der Waals surface area (Å²) < 4.78 is 6.36. The van der Waals surface area contributed by atoms with Gasteiger partial charge in [-0.25, -0.2) is 0 Å². The van der Waals surface area contributed by atoms with Gasteiger partial charge in [-0.1, -0.05) is 21.1 Å². The Labute approximate surface area is 141 Å². The molecule has 1 unspecified atom stereocenters. The molecule has 1 aromatic carbocycles. The van der Waals surface area contributed by atoms with Gasteiger partial charge in [0, 0.05) is 27.8 Å². The number of aromatic nitrogens is 3. The van der Waals surface area contributed by atoms with Crippen LogP contribution in [0.25, 0.3) is 22.2 Å². The summed E-state index contributed by atoms with van der Waals surface area (Å²) in [6.45, 7) is 1.84. The molecule has 0 saturated heterocycles. The van der Waals surface area contributed by atoms with Crippen LogP contribution >= 0.6 is 15.9 Å². The van der Waals surface area contributed by atoms with Crippen LogP contribution in [0.2, 0.25) is 0 Å². The molecular weight excluding hydrogens is 358 g/mol. The Hall–Kier alpha value is -1.79. The fraction of sp³-hybridized carbons (Fsp3) is 0.353. The Bertz CT molecular complexity index is 871. The maximum Gasteiger partial charge on any atom is 0.229 e. The molecule has 0 aliphatic heterocycles. The standard InChI is InChI=1S/C17H16BrN3O2/c1-17(22,10-2-3-10)8-15-20-16(21-23-15)12-4-5-14(18)11-6-7-19-9-13(11)12/h4-7,9-10,22H,2-3,8H2,1H3. The fourth-order valence-corrected chi connectivity index (χ4v) is 3.42. The van der Waals surface area contributed by atoms with Gasteiger partial charge in [-0.3, -0.25) is 4.98 Å². The smallest absolute Gasteiger partial charge is 0.229 e. The maximum atomic E-state index is 10.5. The normalized spacial score (nSPS) is 17.3. The lowest BCUT2D eigenvalue weighted by Gasteiger charge is -2.20. The first kappa shape index (κ1) is 14.8. The predicted octanol–water partition coefficient (Wildman–Crippen LogP) is 3.75. The lowest BCUT2D eigenvalue weighted by molar-refractivity contribution is 0.0296. The van der Waals surface area contributed by atoms with Crippen LogP contribution in [0, 0.1) is 5.92 Å². The number of benzene rings is 1. The summed E-state index contributed by atoms with van der Waals surface area (Å²) in [5.74, 6) is 1.34. The van der Waals surface area contributed by atoms with Crippen molar-refractivity contribution in [3.05, 3.63) is 41.0 Å². The van der Waals surface area contributed by atoms with E-state index < -0.39 is 5.60 Å². The van der Waals surface area contributed by atoms with Crippen LogP contribution in [0.4, 0.5) is 0 Å². The third kappa shape index (κ3) is 2.77. The summed E-state index contributed by atoms with van der Waals surface area (Å²) in [5.41, 5.74) is 0.102. The van der Waals surface area contributed by atoms with Gasteiger partial charge < -0.3 is 9.63 Å². The van der Waals surface area contributed by atoms with E-state index in [4.69, 9.17) is 4.52 Å². The molecule has 1 aliphatic carbocycles. The van der Waals surface area contributed by atoms with Crippen LogP contribution in [0.15, 0.2) is 39.6 Å². The number of nitrogens with zero attached hydrogens (tertiary/aromatic N) is 3. The summed E-state index contributed by atoms with van der Waals surface area (Å²) >= 11 is 3.55. The van der Waals surface area contributed by atoms with Gasteiger partial charge in [0.2, 0.25) is 11.7 Å². The summed E-state index contributed by atoms with van der Waals surface area (Å²) in [6.07, 6.45) is 6.07. The molecule has 4 rings (SSSR count). The van der Waals surface area contributed by atoms with Gasteiger partial charge in [0.25, 0.3) is 0 Å². The Kier molecular flexibility index (Phi) is 3.46. The summed E-state index contributed by atoms with van der Waals surface area (Å²) in [5, 5.41) is 16.6. The largest absolute Gasteiger partial charge is 0.389 e. The van der Waals surface area contributed by atoms with Crippen molar-refractivity contribution < 1.29 is 9.63 Å². The topological polar surface area (TPSA) is 72.0 Å². The van der Waals surface area contributed by atoms with E-state index in [1.807, 2.05) is 25.1 Å². The molecule has 1 aliphatic rings. The lowest BCUT2D eigenvalue weighted by Crippen LogP contribution is -2.29. The quantitative estimate of drug-likeness (QED) is 0.753. The van der Waals surface area contributed by atoms with E-state index in [1.54, 1.807) is 12.4 Å². The first-order valence-electron chi connectivity index (χ1n) is 7.62. The van der Waals surface area contributed by atoms with Gasteiger partial charge in [0.15, 0.2) is 0 Å². The zero-order chi connectivity index (χ0) is 16.0. The Morgan fingerprint density at radius 2 is 2.13 bits per heavy atom. The first-order valence-corrected chi connectivity index (χ1v) is 8.41. The van der Waals surface area contributed by atoms with Crippen molar-refractivity contribution in [3.63, 3.8) is 0 Å². The third-order valence-electron chi connectivity index (χ3n) is 4.44. The highest BCUT2D eigenvalue weighted by molar-refractivity contribution is 9.10. The SMILES string of the molecule is CC(O)(Cc1nc(-c2ccc(Br)c3ccncc23)no1)C1CC1. The molecule has 0 bridgehead atoms. The van der Waals surface area contributed by atoms with Crippen molar-refractivity contribution >= 4 is 26.7 Å². The molecule has 3 aromatic rings. The van der Waals surface area contributed by atoms with Crippen LogP contribution in [0.1, 0.15) is 25.7 Å². The minimum absolute atomic E-state index is 0.343. The number of pyridine rings is 1. The number of hydrogen-bond acceptors (Lipinski definition) is 5. The zero-order valence-electron chi connectivity index (χ0n) is 12.7. The van der Waals surface area contributed by atoms with Crippen molar-refractivity contribution in [1.29, 1.82) is 0 Å².